The van der Waals surface area contributed by atoms with E-state index in [0.29, 0.717) is 11.8 Å². The van der Waals surface area contributed by atoms with Crippen molar-refractivity contribution in [2.24, 2.45) is 0 Å². The molecule has 0 spiro atoms. The minimum absolute atomic E-state index is 0.429. The molecule has 0 aliphatic rings. The third-order valence-electron chi connectivity index (χ3n) is 3.29. The lowest BCUT2D eigenvalue weighted by molar-refractivity contribution is 0.477. The molecule has 0 unspecified atom stereocenters. The molecule has 1 aromatic carbocycles. The molecule has 2 aromatic heterocycles. The van der Waals surface area contributed by atoms with E-state index in [2.05, 4.69) is 20.9 Å². The van der Waals surface area contributed by atoms with Crippen molar-refractivity contribution < 1.29 is 4.42 Å². The minimum Gasteiger partial charge on any atom is -0.448 e. The lowest BCUT2D eigenvalue weighted by atomic mass is 10.3. The van der Waals surface area contributed by atoms with Crippen molar-refractivity contribution >= 4 is 22.6 Å². The SMILES string of the molecule is Cc1nc2ccccc2n1CCNCc1ccc(Cl)o1. The molecule has 0 amide bonds. The van der Waals surface area contributed by atoms with Gasteiger partial charge in [-0.15, -0.1) is 0 Å². The zero-order valence-electron chi connectivity index (χ0n) is 11.3. The largest absolute Gasteiger partial charge is 0.448 e. The van der Waals surface area contributed by atoms with Crippen molar-refractivity contribution in [1.82, 2.24) is 14.9 Å². The first kappa shape index (κ1) is 13.2. The Bertz CT molecular complexity index is 717. The number of fused-ring (bicyclic) bond motifs is 1. The quantitative estimate of drug-likeness (QED) is 0.732. The zero-order chi connectivity index (χ0) is 13.9. The van der Waals surface area contributed by atoms with E-state index in [1.165, 1.54) is 5.52 Å². The van der Waals surface area contributed by atoms with E-state index in [1.807, 2.05) is 31.2 Å². The van der Waals surface area contributed by atoms with Crippen LogP contribution in [0.5, 0.6) is 0 Å². The maximum absolute atomic E-state index is 5.73. The summed E-state index contributed by atoms with van der Waals surface area (Å²) >= 11 is 5.73. The Kier molecular flexibility index (Phi) is 3.76. The molecule has 1 N–H and O–H groups in total. The number of para-hydroxylation sites is 2. The molecule has 0 saturated heterocycles. The number of aromatic nitrogens is 2. The molecular formula is C15H16ClN3O. The summed E-state index contributed by atoms with van der Waals surface area (Å²) < 4.78 is 7.52. The Morgan fingerprint density at radius 3 is 2.90 bits per heavy atom. The van der Waals surface area contributed by atoms with Gasteiger partial charge in [0.1, 0.15) is 11.6 Å². The molecule has 0 fully saturated rings. The molecule has 3 aromatic rings. The average molecular weight is 290 g/mol. The van der Waals surface area contributed by atoms with E-state index >= 15 is 0 Å². The second-order valence-electron chi connectivity index (χ2n) is 4.68. The van der Waals surface area contributed by atoms with E-state index < -0.39 is 0 Å². The number of rotatable bonds is 5. The minimum atomic E-state index is 0.429. The van der Waals surface area contributed by atoms with Crippen LogP contribution in [0.1, 0.15) is 11.6 Å². The zero-order valence-corrected chi connectivity index (χ0v) is 12.0. The molecule has 0 saturated carbocycles. The highest BCUT2D eigenvalue weighted by Gasteiger charge is 2.06. The standard InChI is InChI=1S/C15H16ClN3O/c1-11-18-13-4-2-3-5-14(13)19(11)9-8-17-10-12-6-7-15(16)20-12/h2-7,17H,8-10H2,1H3. The van der Waals surface area contributed by atoms with Crippen molar-refractivity contribution in [1.29, 1.82) is 0 Å². The number of aryl methyl sites for hydroxylation is 1. The van der Waals surface area contributed by atoms with Crippen LogP contribution in [0.2, 0.25) is 5.22 Å². The van der Waals surface area contributed by atoms with Crippen LogP contribution in [-0.4, -0.2) is 16.1 Å². The summed E-state index contributed by atoms with van der Waals surface area (Å²) in [4.78, 5) is 4.55. The van der Waals surface area contributed by atoms with Gasteiger partial charge < -0.3 is 14.3 Å². The Labute approximate surface area is 122 Å². The van der Waals surface area contributed by atoms with Gasteiger partial charge in [0.25, 0.3) is 0 Å². The molecule has 0 bridgehead atoms. The smallest absolute Gasteiger partial charge is 0.193 e. The predicted molar refractivity (Wildman–Crippen MR) is 79.9 cm³/mol. The molecular weight excluding hydrogens is 274 g/mol. The molecule has 0 aliphatic carbocycles. The van der Waals surface area contributed by atoms with E-state index in [-0.39, 0.29) is 0 Å². The van der Waals surface area contributed by atoms with Crippen molar-refractivity contribution in [2.45, 2.75) is 20.0 Å². The van der Waals surface area contributed by atoms with Gasteiger partial charge in [0.15, 0.2) is 5.22 Å². The molecule has 0 radical (unpaired) electrons. The van der Waals surface area contributed by atoms with E-state index in [4.69, 9.17) is 16.0 Å². The van der Waals surface area contributed by atoms with Gasteiger partial charge >= 0.3 is 0 Å². The molecule has 0 atom stereocenters. The lowest BCUT2D eigenvalue weighted by Gasteiger charge is -2.07. The summed E-state index contributed by atoms with van der Waals surface area (Å²) in [5.41, 5.74) is 2.22. The van der Waals surface area contributed by atoms with Crippen LogP contribution in [-0.2, 0) is 13.1 Å². The van der Waals surface area contributed by atoms with Crippen LogP contribution < -0.4 is 5.32 Å². The van der Waals surface area contributed by atoms with E-state index in [9.17, 15) is 0 Å². The highest BCUT2D eigenvalue weighted by molar-refractivity contribution is 6.28. The van der Waals surface area contributed by atoms with E-state index in [0.717, 1.165) is 30.2 Å². The number of imidazole rings is 1. The maximum atomic E-state index is 5.73. The van der Waals surface area contributed by atoms with Crippen LogP contribution >= 0.6 is 11.6 Å². The lowest BCUT2D eigenvalue weighted by Crippen LogP contribution is -2.19. The van der Waals surface area contributed by atoms with Gasteiger partial charge in [-0.3, -0.25) is 0 Å². The Morgan fingerprint density at radius 2 is 2.10 bits per heavy atom. The van der Waals surface area contributed by atoms with Crippen LogP contribution in [0, 0.1) is 6.92 Å². The fourth-order valence-corrected chi connectivity index (χ4v) is 2.49. The third-order valence-corrected chi connectivity index (χ3v) is 3.49. The fraction of sp³-hybridized carbons (Fsp3) is 0.267. The summed E-state index contributed by atoms with van der Waals surface area (Å²) in [5.74, 6) is 1.89. The summed E-state index contributed by atoms with van der Waals surface area (Å²) in [6, 6.07) is 11.8. The topological polar surface area (TPSA) is 43.0 Å². The third kappa shape index (κ3) is 2.71. The Balaban J connectivity index is 1.61. The molecule has 5 heteroatoms. The summed E-state index contributed by atoms with van der Waals surface area (Å²) in [6.45, 7) is 4.44. The maximum Gasteiger partial charge on any atom is 0.193 e. The first-order chi connectivity index (χ1) is 9.74. The van der Waals surface area contributed by atoms with Gasteiger partial charge in [-0.1, -0.05) is 12.1 Å². The van der Waals surface area contributed by atoms with Gasteiger partial charge in [0.05, 0.1) is 17.6 Å². The summed E-state index contributed by atoms with van der Waals surface area (Å²) in [7, 11) is 0. The molecule has 20 heavy (non-hydrogen) atoms. The van der Waals surface area contributed by atoms with Gasteiger partial charge in [-0.05, 0) is 42.8 Å². The number of hydrogen-bond donors (Lipinski definition) is 1. The van der Waals surface area contributed by atoms with Gasteiger partial charge in [0, 0.05) is 13.1 Å². The van der Waals surface area contributed by atoms with Crippen LogP contribution in [0.3, 0.4) is 0 Å². The predicted octanol–water partition coefficient (Wildman–Crippen LogP) is 3.38. The first-order valence-corrected chi connectivity index (χ1v) is 6.98. The Morgan fingerprint density at radius 1 is 1.25 bits per heavy atom. The monoisotopic (exact) mass is 289 g/mol. The second-order valence-corrected chi connectivity index (χ2v) is 5.05. The number of nitrogens with zero attached hydrogens (tertiary/aromatic N) is 2. The molecule has 104 valence electrons. The number of hydrogen-bond acceptors (Lipinski definition) is 3. The number of benzene rings is 1. The molecule has 0 aliphatic heterocycles. The second kappa shape index (κ2) is 5.69. The number of halogens is 1. The molecule has 4 nitrogen and oxygen atoms in total. The first-order valence-electron chi connectivity index (χ1n) is 6.61. The summed E-state index contributed by atoms with van der Waals surface area (Å²) in [5, 5.41) is 3.77. The van der Waals surface area contributed by atoms with Gasteiger partial charge in [-0.25, -0.2) is 4.98 Å². The number of furan rings is 1. The van der Waals surface area contributed by atoms with Crippen LogP contribution in [0.4, 0.5) is 0 Å². The van der Waals surface area contributed by atoms with Crippen molar-refractivity contribution in [3.05, 3.63) is 53.2 Å². The molecule has 2 heterocycles. The fourth-order valence-electron chi connectivity index (χ4n) is 2.33. The highest BCUT2D eigenvalue weighted by Crippen LogP contribution is 2.15. The normalized spacial score (nSPS) is 11.3. The van der Waals surface area contributed by atoms with Crippen molar-refractivity contribution in [3.63, 3.8) is 0 Å². The van der Waals surface area contributed by atoms with E-state index in [1.54, 1.807) is 6.07 Å². The average Bonchev–Trinajstić information content (AvgIpc) is 2.98. The Hall–Kier alpha value is -1.78. The van der Waals surface area contributed by atoms with Crippen molar-refractivity contribution in [2.75, 3.05) is 6.54 Å². The van der Waals surface area contributed by atoms with Crippen LogP contribution in [0.15, 0.2) is 40.8 Å². The number of nitrogens with one attached hydrogen (secondary N) is 1. The van der Waals surface area contributed by atoms with Gasteiger partial charge in [0.2, 0.25) is 0 Å². The van der Waals surface area contributed by atoms with Crippen LogP contribution in [0.25, 0.3) is 11.0 Å². The molecule has 3 rings (SSSR count). The highest BCUT2D eigenvalue weighted by atomic mass is 35.5. The van der Waals surface area contributed by atoms with Gasteiger partial charge in [-0.2, -0.15) is 0 Å². The van der Waals surface area contributed by atoms with Crippen molar-refractivity contribution in [3.8, 4) is 0 Å². The summed E-state index contributed by atoms with van der Waals surface area (Å²) in [6.07, 6.45) is 0.